The summed E-state index contributed by atoms with van der Waals surface area (Å²) in [5.41, 5.74) is 2.35. The Kier molecular flexibility index (Phi) is 5.52. The van der Waals surface area contributed by atoms with Crippen molar-refractivity contribution in [3.05, 3.63) is 52.4 Å². The van der Waals surface area contributed by atoms with Crippen molar-refractivity contribution >= 4 is 68.6 Å². The van der Waals surface area contributed by atoms with Crippen molar-refractivity contribution in [1.82, 2.24) is 0 Å². The van der Waals surface area contributed by atoms with E-state index in [1.165, 1.54) is 22.7 Å². The highest BCUT2D eigenvalue weighted by Crippen LogP contribution is 2.25. The molecule has 0 atom stereocenters. The average molecular weight is 328 g/mol. The smallest absolute Gasteiger partial charge is 0.0901 e. The van der Waals surface area contributed by atoms with Crippen molar-refractivity contribution < 1.29 is 0 Å². The van der Waals surface area contributed by atoms with E-state index >= 15 is 0 Å². The summed E-state index contributed by atoms with van der Waals surface area (Å²) in [6.45, 7) is 0. The fraction of sp³-hybridized carbons (Fsp3) is 0.0714. The van der Waals surface area contributed by atoms with E-state index in [2.05, 4.69) is 23.5 Å². The molecule has 2 aromatic rings. The van der Waals surface area contributed by atoms with Crippen LogP contribution in [0, 0.1) is 0 Å². The topological polar surface area (TPSA) is 12.0 Å². The number of halogens is 2. The molecule has 0 aromatic heterocycles. The van der Waals surface area contributed by atoms with Gasteiger partial charge in [0.05, 0.1) is 9.35 Å². The quantitative estimate of drug-likeness (QED) is 0.735. The summed E-state index contributed by atoms with van der Waals surface area (Å²) in [4.78, 5) is 0.720. The minimum Gasteiger partial charge on any atom is -0.349 e. The van der Waals surface area contributed by atoms with Crippen molar-refractivity contribution in [3.63, 3.8) is 0 Å². The Morgan fingerprint density at radius 2 is 1.95 bits per heavy atom. The first-order valence-electron chi connectivity index (χ1n) is 5.57. The molecule has 2 rings (SSSR count). The van der Waals surface area contributed by atoms with Crippen molar-refractivity contribution in [2.45, 2.75) is 0 Å². The van der Waals surface area contributed by atoms with Gasteiger partial charge in [-0.3, -0.25) is 0 Å². The second-order valence-corrected chi connectivity index (χ2v) is 6.14. The molecule has 1 N–H and O–H groups in total. The molecule has 2 aromatic carbocycles. The van der Waals surface area contributed by atoms with Crippen LogP contribution in [0.4, 0.5) is 5.69 Å². The summed E-state index contributed by atoms with van der Waals surface area (Å²) >= 11 is 18.0. The summed E-state index contributed by atoms with van der Waals surface area (Å²) < 4.78 is 0.531. The summed E-state index contributed by atoms with van der Waals surface area (Å²) in [7, 11) is 0. The van der Waals surface area contributed by atoms with Crippen LogP contribution in [0.15, 0.2) is 52.4 Å². The van der Waals surface area contributed by atoms with Crippen LogP contribution in [0.25, 0.3) is 10.8 Å². The Morgan fingerprint density at radius 1 is 1.21 bits per heavy atom. The molecule has 0 aliphatic rings. The van der Waals surface area contributed by atoms with Gasteiger partial charge >= 0.3 is 0 Å². The van der Waals surface area contributed by atoms with E-state index in [-0.39, 0.29) is 0 Å². The van der Waals surface area contributed by atoms with Crippen LogP contribution in [-0.2, 0) is 0 Å². The van der Waals surface area contributed by atoms with Gasteiger partial charge in [-0.15, -0.1) is 11.8 Å². The van der Waals surface area contributed by atoms with Gasteiger partial charge in [0.15, 0.2) is 0 Å². The van der Waals surface area contributed by atoms with Gasteiger partial charge in [0.2, 0.25) is 0 Å². The second-order valence-electron chi connectivity index (χ2n) is 3.78. The molecule has 0 heterocycles. The van der Waals surface area contributed by atoms with Gasteiger partial charge in [-0.25, -0.2) is 0 Å². The van der Waals surface area contributed by atoms with Gasteiger partial charge in [0.1, 0.15) is 0 Å². The maximum atomic E-state index is 5.81. The molecule has 0 unspecified atom stereocenters. The lowest BCUT2D eigenvalue weighted by molar-refractivity contribution is 1.68. The van der Waals surface area contributed by atoms with Crippen LogP contribution in [0.5, 0.6) is 0 Å². The fourth-order valence-electron chi connectivity index (χ4n) is 1.69. The van der Waals surface area contributed by atoms with Crippen molar-refractivity contribution in [2.75, 3.05) is 11.1 Å². The van der Waals surface area contributed by atoms with Crippen molar-refractivity contribution in [1.29, 1.82) is 0 Å². The van der Waals surface area contributed by atoms with E-state index in [9.17, 15) is 0 Å². The number of hydrogen-bond donors (Lipinski definition) is 1. The molecule has 0 amide bonds. The SMILES string of the molecule is S=C(CS/C(Cl)=C/Cl)Nc1cccc2ccccc12. The zero-order valence-electron chi connectivity index (χ0n) is 9.90. The fourth-order valence-corrected chi connectivity index (χ4v) is 2.73. The Morgan fingerprint density at radius 3 is 2.74 bits per heavy atom. The Hall–Kier alpha value is -0.740. The van der Waals surface area contributed by atoms with E-state index in [4.69, 9.17) is 35.4 Å². The molecule has 0 saturated heterocycles. The number of fused-ring (bicyclic) bond motifs is 1. The maximum absolute atomic E-state index is 5.81. The van der Waals surface area contributed by atoms with Crippen molar-refractivity contribution in [3.8, 4) is 0 Å². The molecule has 5 heteroatoms. The number of thiocarbonyl (C=S) groups is 1. The third-order valence-electron chi connectivity index (χ3n) is 2.49. The first kappa shape index (κ1) is 14.7. The first-order chi connectivity index (χ1) is 9.20. The zero-order chi connectivity index (χ0) is 13.7. The van der Waals surface area contributed by atoms with Gasteiger partial charge in [-0.2, -0.15) is 0 Å². The molecular weight excluding hydrogens is 317 g/mol. The number of nitrogens with one attached hydrogen (secondary N) is 1. The predicted octanol–water partition coefficient (Wildman–Crippen LogP) is 5.59. The molecule has 0 aliphatic carbocycles. The van der Waals surface area contributed by atoms with Crippen molar-refractivity contribution in [2.24, 2.45) is 0 Å². The highest BCUT2D eigenvalue weighted by Gasteiger charge is 2.03. The Labute approximate surface area is 132 Å². The molecule has 0 aliphatic heterocycles. The monoisotopic (exact) mass is 327 g/mol. The predicted molar refractivity (Wildman–Crippen MR) is 92.4 cm³/mol. The number of rotatable bonds is 4. The lowest BCUT2D eigenvalue weighted by atomic mass is 10.1. The van der Waals surface area contributed by atoms with Gasteiger partial charge in [0.25, 0.3) is 0 Å². The van der Waals surface area contributed by atoms with E-state index < -0.39 is 0 Å². The van der Waals surface area contributed by atoms with E-state index in [0.717, 1.165) is 16.1 Å². The third-order valence-corrected chi connectivity index (χ3v) is 4.64. The summed E-state index contributed by atoms with van der Waals surface area (Å²) in [5.74, 6) is 0.598. The van der Waals surface area contributed by atoms with E-state index in [1.807, 2.05) is 24.3 Å². The number of thioether (sulfide) groups is 1. The molecular formula is C14H11Cl2NS2. The van der Waals surface area contributed by atoms with Crippen LogP contribution in [-0.4, -0.2) is 10.7 Å². The molecule has 0 fully saturated rings. The van der Waals surface area contributed by atoms with Crippen LogP contribution in [0.2, 0.25) is 0 Å². The third kappa shape index (κ3) is 4.11. The van der Waals surface area contributed by atoms with E-state index in [1.54, 1.807) is 0 Å². The summed E-state index contributed by atoms with van der Waals surface area (Å²) in [5, 5.41) is 5.58. The standard InChI is InChI=1S/C14H11Cl2NS2/c15-8-13(16)19-9-14(18)17-12-7-3-5-10-4-1-2-6-11(10)12/h1-8H,9H2,(H,17,18)/b13-8+. The van der Waals surface area contributed by atoms with Gasteiger partial charge in [-0.05, 0) is 11.5 Å². The molecule has 0 saturated carbocycles. The average Bonchev–Trinajstić information content (AvgIpc) is 2.45. The zero-order valence-corrected chi connectivity index (χ0v) is 13.0. The van der Waals surface area contributed by atoms with Gasteiger partial charge in [0, 0.05) is 22.4 Å². The molecule has 0 radical (unpaired) electrons. The van der Waals surface area contributed by atoms with E-state index in [0.29, 0.717) is 10.1 Å². The molecule has 0 bridgehead atoms. The second kappa shape index (κ2) is 7.15. The first-order valence-corrected chi connectivity index (χ1v) is 7.78. The largest absolute Gasteiger partial charge is 0.349 e. The highest BCUT2D eigenvalue weighted by molar-refractivity contribution is 8.06. The Bertz CT molecular complexity index is 620. The number of benzene rings is 2. The number of anilines is 1. The van der Waals surface area contributed by atoms with Gasteiger partial charge in [-0.1, -0.05) is 71.8 Å². The van der Waals surface area contributed by atoms with Crippen LogP contribution in [0.1, 0.15) is 0 Å². The van der Waals surface area contributed by atoms with Gasteiger partial charge < -0.3 is 5.32 Å². The van der Waals surface area contributed by atoms with Crippen LogP contribution in [0.3, 0.4) is 0 Å². The molecule has 0 spiro atoms. The highest BCUT2D eigenvalue weighted by atomic mass is 35.5. The maximum Gasteiger partial charge on any atom is 0.0901 e. The molecule has 98 valence electrons. The summed E-state index contributed by atoms with van der Waals surface area (Å²) in [6, 6.07) is 14.3. The normalized spacial score (nSPS) is 11.6. The van der Waals surface area contributed by atoms with Crippen LogP contribution >= 0.6 is 47.2 Å². The lowest BCUT2D eigenvalue weighted by Gasteiger charge is -2.10. The summed E-state index contributed by atoms with van der Waals surface area (Å²) in [6.07, 6.45) is 0. The molecule has 19 heavy (non-hydrogen) atoms. The number of hydrogen-bond acceptors (Lipinski definition) is 2. The minimum atomic E-state index is 0.531. The molecule has 1 nitrogen and oxygen atoms in total. The Balaban J connectivity index is 2.11. The van der Waals surface area contributed by atoms with Crippen LogP contribution < -0.4 is 5.32 Å². The lowest BCUT2D eigenvalue weighted by Crippen LogP contribution is -2.11. The minimum absolute atomic E-state index is 0.531.